The minimum Gasteiger partial charge on any atom is -0.481 e. The van der Waals surface area contributed by atoms with Gasteiger partial charge in [0.15, 0.2) is 0 Å². The van der Waals surface area contributed by atoms with E-state index in [-0.39, 0.29) is 31.9 Å². The molecule has 22 heavy (non-hydrogen) atoms. The van der Waals surface area contributed by atoms with Crippen LogP contribution in [0.3, 0.4) is 0 Å². The van der Waals surface area contributed by atoms with E-state index in [0.717, 1.165) is 5.56 Å². The number of carboxylic acid groups (broad SMARTS) is 1. The van der Waals surface area contributed by atoms with Crippen molar-refractivity contribution in [2.24, 2.45) is 0 Å². The zero-order valence-electron chi connectivity index (χ0n) is 12.2. The monoisotopic (exact) mass is 308 g/mol. The molecule has 0 saturated carbocycles. The van der Waals surface area contributed by atoms with Gasteiger partial charge in [0.2, 0.25) is 5.91 Å². The number of alkyl carbamates (subject to hydrolysis) is 1. The lowest BCUT2D eigenvalue weighted by molar-refractivity contribution is -0.136. The molecule has 120 valence electrons. The molecule has 0 aliphatic carbocycles. The molecule has 0 saturated heterocycles. The quantitative estimate of drug-likeness (QED) is 0.596. The average Bonchev–Trinajstić information content (AvgIpc) is 2.50. The predicted octanol–water partition coefficient (Wildman–Crippen LogP) is 1.28. The summed E-state index contributed by atoms with van der Waals surface area (Å²) in [5, 5.41) is 13.5. The van der Waals surface area contributed by atoms with Crippen molar-refractivity contribution in [3.63, 3.8) is 0 Å². The van der Waals surface area contributed by atoms with Crippen molar-refractivity contribution in [3.05, 3.63) is 35.9 Å². The molecule has 1 rings (SSSR count). The Morgan fingerprint density at radius 3 is 2.41 bits per heavy atom. The standard InChI is InChI=1S/C15H20N2O5/c18-13(16-10-8-14(19)20)7-4-9-17-15(21)22-11-12-5-2-1-3-6-12/h1-3,5-6H,4,7-11H2,(H,16,18)(H,17,21)(H,19,20). The highest BCUT2D eigenvalue weighted by Gasteiger charge is 2.05. The maximum absolute atomic E-state index is 11.4. The van der Waals surface area contributed by atoms with Crippen molar-refractivity contribution in [2.75, 3.05) is 13.1 Å². The van der Waals surface area contributed by atoms with Gasteiger partial charge < -0.3 is 20.5 Å². The highest BCUT2D eigenvalue weighted by molar-refractivity contribution is 5.76. The maximum Gasteiger partial charge on any atom is 0.407 e. The number of hydrogen-bond donors (Lipinski definition) is 3. The average molecular weight is 308 g/mol. The second-order valence-electron chi connectivity index (χ2n) is 4.59. The molecule has 0 aromatic heterocycles. The number of hydrogen-bond acceptors (Lipinski definition) is 4. The topological polar surface area (TPSA) is 105 Å². The van der Waals surface area contributed by atoms with Crippen LogP contribution < -0.4 is 10.6 Å². The van der Waals surface area contributed by atoms with Crippen molar-refractivity contribution in [1.29, 1.82) is 0 Å². The first kappa shape index (κ1) is 17.5. The SMILES string of the molecule is O=C(O)CCNC(=O)CCCNC(=O)OCc1ccccc1. The van der Waals surface area contributed by atoms with Gasteiger partial charge in [-0.05, 0) is 12.0 Å². The van der Waals surface area contributed by atoms with Gasteiger partial charge in [-0.15, -0.1) is 0 Å². The van der Waals surface area contributed by atoms with Crippen molar-refractivity contribution in [3.8, 4) is 0 Å². The Balaban J connectivity index is 2.03. The number of carbonyl (C=O) groups is 3. The summed E-state index contributed by atoms with van der Waals surface area (Å²) in [7, 11) is 0. The first-order valence-electron chi connectivity index (χ1n) is 7.01. The van der Waals surface area contributed by atoms with E-state index in [0.29, 0.717) is 13.0 Å². The van der Waals surface area contributed by atoms with Gasteiger partial charge in [-0.2, -0.15) is 0 Å². The molecule has 2 amide bonds. The summed E-state index contributed by atoms with van der Waals surface area (Å²) in [6.45, 7) is 0.628. The van der Waals surface area contributed by atoms with Gasteiger partial charge in [0, 0.05) is 19.5 Å². The highest BCUT2D eigenvalue weighted by atomic mass is 16.5. The van der Waals surface area contributed by atoms with Crippen LogP contribution in [0, 0.1) is 0 Å². The number of carboxylic acids is 1. The lowest BCUT2D eigenvalue weighted by Crippen LogP contribution is -2.28. The van der Waals surface area contributed by atoms with Gasteiger partial charge >= 0.3 is 12.1 Å². The van der Waals surface area contributed by atoms with E-state index in [2.05, 4.69) is 10.6 Å². The summed E-state index contributed by atoms with van der Waals surface area (Å²) in [5.41, 5.74) is 0.899. The second kappa shape index (κ2) is 10.2. The number of nitrogens with one attached hydrogen (secondary N) is 2. The van der Waals surface area contributed by atoms with Crippen molar-refractivity contribution >= 4 is 18.0 Å². The highest BCUT2D eigenvalue weighted by Crippen LogP contribution is 2.00. The van der Waals surface area contributed by atoms with E-state index in [1.807, 2.05) is 30.3 Å². The van der Waals surface area contributed by atoms with Gasteiger partial charge in [0.1, 0.15) is 6.61 Å². The smallest absolute Gasteiger partial charge is 0.407 e. The molecule has 0 atom stereocenters. The molecule has 0 radical (unpaired) electrons. The third-order valence-corrected chi connectivity index (χ3v) is 2.72. The predicted molar refractivity (Wildman–Crippen MR) is 79.1 cm³/mol. The Hall–Kier alpha value is -2.57. The molecule has 7 heteroatoms. The molecule has 3 N–H and O–H groups in total. The van der Waals surface area contributed by atoms with Crippen molar-refractivity contribution in [2.45, 2.75) is 25.9 Å². The van der Waals surface area contributed by atoms with Crippen molar-refractivity contribution < 1.29 is 24.2 Å². The van der Waals surface area contributed by atoms with E-state index in [4.69, 9.17) is 9.84 Å². The molecule has 0 fully saturated rings. The second-order valence-corrected chi connectivity index (χ2v) is 4.59. The summed E-state index contributed by atoms with van der Waals surface area (Å²) >= 11 is 0. The van der Waals surface area contributed by atoms with Crippen LogP contribution in [0.1, 0.15) is 24.8 Å². The molecular formula is C15H20N2O5. The van der Waals surface area contributed by atoms with Crippen LogP contribution in [0.25, 0.3) is 0 Å². The van der Waals surface area contributed by atoms with Crippen LogP contribution in [0.15, 0.2) is 30.3 Å². The third-order valence-electron chi connectivity index (χ3n) is 2.72. The van der Waals surface area contributed by atoms with Gasteiger partial charge in [-0.1, -0.05) is 30.3 Å². The van der Waals surface area contributed by atoms with Gasteiger partial charge in [0.25, 0.3) is 0 Å². The molecule has 0 bridgehead atoms. The minimum absolute atomic E-state index is 0.101. The van der Waals surface area contributed by atoms with E-state index < -0.39 is 12.1 Å². The molecule has 1 aromatic rings. The Morgan fingerprint density at radius 1 is 1.00 bits per heavy atom. The molecule has 0 aliphatic rings. The summed E-state index contributed by atoms with van der Waals surface area (Å²) < 4.78 is 5.01. The number of ether oxygens (including phenoxy) is 1. The van der Waals surface area contributed by atoms with E-state index >= 15 is 0 Å². The van der Waals surface area contributed by atoms with Crippen LogP contribution in [0.2, 0.25) is 0 Å². The Labute approximate surface area is 128 Å². The van der Waals surface area contributed by atoms with Crippen LogP contribution in [0.5, 0.6) is 0 Å². The van der Waals surface area contributed by atoms with E-state index in [9.17, 15) is 14.4 Å². The fourth-order valence-electron chi connectivity index (χ4n) is 1.61. The summed E-state index contributed by atoms with van der Waals surface area (Å²) in [6.07, 6.45) is 0.0448. The molecular weight excluding hydrogens is 288 g/mol. The summed E-state index contributed by atoms with van der Waals surface area (Å²) in [5.74, 6) is -1.19. The molecule has 1 aromatic carbocycles. The van der Waals surface area contributed by atoms with E-state index in [1.54, 1.807) is 0 Å². The Kier molecular flexibility index (Phi) is 8.10. The number of carbonyl (C=O) groups excluding carboxylic acids is 2. The number of aliphatic carboxylic acids is 1. The number of amides is 2. The van der Waals surface area contributed by atoms with Crippen LogP contribution in [0.4, 0.5) is 4.79 Å². The van der Waals surface area contributed by atoms with Crippen LogP contribution in [-0.4, -0.2) is 36.2 Å². The fraction of sp³-hybridized carbons (Fsp3) is 0.400. The normalized spacial score (nSPS) is 9.82. The molecule has 0 aliphatic heterocycles. The van der Waals surface area contributed by atoms with Gasteiger partial charge in [-0.25, -0.2) is 4.79 Å². The molecule has 7 nitrogen and oxygen atoms in total. The zero-order valence-corrected chi connectivity index (χ0v) is 12.2. The van der Waals surface area contributed by atoms with Gasteiger partial charge in [-0.3, -0.25) is 9.59 Å². The molecule has 0 unspecified atom stereocenters. The first-order chi connectivity index (χ1) is 10.6. The Morgan fingerprint density at radius 2 is 1.73 bits per heavy atom. The molecule has 0 spiro atoms. The largest absolute Gasteiger partial charge is 0.481 e. The summed E-state index contributed by atoms with van der Waals surface area (Å²) in [6, 6.07) is 9.31. The first-order valence-corrected chi connectivity index (χ1v) is 7.01. The molecule has 0 heterocycles. The zero-order chi connectivity index (χ0) is 16.2. The van der Waals surface area contributed by atoms with Crippen molar-refractivity contribution in [1.82, 2.24) is 10.6 Å². The third kappa shape index (κ3) is 8.57. The minimum atomic E-state index is -0.955. The number of rotatable bonds is 9. The summed E-state index contributed by atoms with van der Waals surface area (Å²) in [4.78, 5) is 33.0. The van der Waals surface area contributed by atoms with Crippen LogP contribution >= 0.6 is 0 Å². The van der Waals surface area contributed by atoms with Crippen LogP contribution in [-0.2, 0) is 20.9 Å². The van der Waals surface area contributed by atoms with E-state index in [1.165, 1.54) is 0 Å². The fourth-order valence-corrected chi connectivity index (χ4v) is 1.61. The van der Waals surface area contributed by atoms with Gasteiger partial charge in [0.05, 0.1) is 6.42 Å². The number of benzene rings is 1. The lowest BCUT2D eigenvalue weighted by atomic mass is 10.2. The lowest BCUT2D eigenvalue weighted by Gasteiger charge is -2.07. The Bertz CT molecular complexity index is 490. The maximum atomic E-state index is 11.4.